The van der Waals surface area contributed by atoms with E-state index in [2.05, 4.69) is 15.5 Å². The van der Waals surface area contributed by atoms with Crippen LogP contribution in [-0.4, -0.2) is 28.6 Å². The van der Waals surface area contributed by atoms with Crippen molar-refractivity contribution < 1.29 is 9.32 Å². The molecule has 0 radical (unpaired) electrons. The van der Waals surface area contributed by atoms with Crippen LogP contribution in [0.3, 0.4) is 0 Å². The Morgan fingerprint density at radius 3 is 3.13 bits per heavy atom. The molecular weight excluding hydrogens is 196 g/mol. The van der Waals surface area contributed by atoms with Crippen LogP contribution in [0.2, 0.25) is 0 Å². The maximum absolute atomic E-state index is 11.2. The lowest BCUT2D eigenvalue weighted by atomic mass is 10.2. The van der Waals surface area contributed by atoms with Crippen molar-refractivity contribution in [2.24, 2.45) is 5.73 Å². The van der Waals surface area contributed by atoms with Gasteiger partial charge in [0.2, 0.25) is 11.8 Å². The summed E-state index contributed by atoms with van der Waals surface area (Å²) in [5, 5.41) is 6.22. The van der Waals surface area contributed by atoms with E-state index in [0.717, 1.165) is 0 Å². The topological polar surface area (TPSA) is 94.0 Å². The Hall–Kier alpha value is -1.43. The molecule has 0 aliphatic heterocycles. The van der Waals surface area contributed by atoms with Crippen molar-refractivity contribution in [1.29, 1.82) is 0 Å². The van der Waals surface area contributed by atoms with Crippen molar-refractivity contribution in [3.8, 4) is 0 Å². The number of aromatic nitrogens is 2. The summed E-state index contributed by atoms with van der Waals surface area (Å²) in [5.74, 6) is 0.536. The minimum atomic E-state index is 0.00631. The second-order valence-corrected chi connectivity index (χ2v) is 3.45. The van der Waals surface area contributed by atoms with Gasteiger partial charge in [-0.05, 0) is 13.3 Å². The van der Waals surface area contributed by atoms with Gasteiger partial charge in [-0.1, -0.05) is 5.16 Å². The van der Waals surface area contributed by atoms with Crippen LogP contribution in [-0.2, 0) is 11.2 Å². The average molecular weight is 212 g/mol. The molecule has 1 aromatic rings. The van der Waals surface area contributed by atoms with Gasteiger partial charge in [-0.25, -0.2) is 0 Å². The van der Waals surface area contributed by atoms with Crippen molar-refractivity contribution in [2.75, 3.05) is 6.54 Å². The number of nitrogens with two attached hydrogens (primary N) is 1. The second-order valence-electron chi connectivity index (χ2n) is 3.45. The summed E-state index contributed by atoms with van der Waals surface area (Å²) in [6, 6.07) is 0.0618. The van der Waals surface area contributed by atoms with Gasteiger partial charge in [0, 0.05) is 25.4 Å². The molecule has 1 heterocycles. The van der Waals surface area contributed by atoms with Gasteiger partial charge in [0.15, 0.2) is 6.33 Å². The first kappa shape index (κ1) is 11.6. The summed E-state index contributed by atoms with van der Waals surface area (Å²) in [5.41, 5.74) is 5.53. The first-order chi connectivity index (χ1) is 7.18. The van der Waals surface area contributed by atoms with Gasteiger partial charge in [0.1, 0.15) is 0 Å². The van der Waals surface area contributed by atoms with Gasteiger partial charge < -0.3 is 15.6 Å². The summed E-state index contributed by atoms with van der Waals surface area (Å²) in [6.07, 6.45) is 3.06. The number of hydrogen-bond acceptors (Lipinski definition) is 5. The first-order valence-electron chi connectivity index (χ1n) is 4.96. The molecule has 1 unspecified atom stereocenters. The number of nitrogens with zero attached hydrogens (tertiary/aromatic N) is 2. The van der Waals surface area contributed by atoms with Crippen molar-refractivity contribution >= 4 is 5.91 Å². The zero-order valence-electron chi connectivity index (χ0n) is 8.77. The molecule has 1 atom stereocenters. The summed E-state index contributed by atoms with van der Waals surface area (Å²) >= 11 is 0. The van der Waals surface area contributed by atoms with E-state index in [1.807, 2.05) is 6.92 Å². The SMILES string of the molecule is CC(N)CCC(=O)NCCc1ncno1. The zero-order valence-corrected chi connectivity index (χ0v) is 8.77. The molecule has 0 aliphatic rings. The van der Waals surface area contributed by atoms with Crippen LogP contribution in [0.25, 0.3) is 0 Å². The monoisotopic (exact) mass is 212 g/mol. The largest absolute Gasteiger partial charge is 0.356 e. The number of amides is 1. The molecule has 15 heavy (non-hydrogen) atoms. The van der Waals surface area contributed by atoms with E-state index in [1.54, 1.807) is 0 Å². The molecule has 1 rings (SSSR count). The third-order valence-electron chi connectivity index (χ3n) is 1.89. The highest BCUT2D eigenvalue weighted by Crippen LogP contribution is 1.94. The maximum Gasteiger partial charge on any atom is 0.228 e. The second kappa shape index (κ2) is 6.13. The van der Waals surface area contributed by atoms with E-state index in [9.17, 15) is 4.79 Å². The fourth-order valence-electron chi connectivity index (χ4n) is 1.06. The standard InChI is InChI=1S/C9H16N4O2/c1-7(10)2-3-8(14)11-5-4-9-12-6-13-15-9/h6-7H,2-5,10H2,1H3,(H,11,14). The fraction of sp³-hybridized carbons (Fsp3) is 0.667. The van der Waals surface area contributed by atoms with Crippen LogP contribution in [0, 0.1) is 0 Å². The molecule has 6 nitrogen and oxygen atoms in total. The minimum Gasteiger partial charge on any atom is -0.356 e. The number of hydrogen-bond donors (Lipinski definition) is 2. The maximum atomic E-state index is 11.2. The number of nitrogens with one attached hydrogen (secondary N) is 1. The van der Waals surface area contributed by atoms with E-state index in [-0.39, 0.29) is 11.9 Å². The van der Waals surface area contributed by atoms with Gasteiger partial charge in [0.25, 0.3) is 0 Å². The Morgan fingerprint density at radius 1 is 1.73 bits per heavy atom. The van der Waals surface area contributed by atoms with Gasteiger partial charge in [-0.15, -0.1) is 0 Å². The number of rotatable bonds is 6. The Kier molecular flexibility index (Phi) is 4.76. The van der Waals surface area contributed by atoms with Crippen molar-refractivity contribution in [1.82, 2.24) is 15.5 Å². The van der Waals surface area contributed by atoms with E-state index in [0.29, 0.717) is 31.7 Å². The zero-order chi connectivity index (χ0) is 11.1. The van der Waals surface area contributed by atoms with Crippen LogP contribution < -0.4 is 11.1 Å². The van der Waals surface area contributed by atoms with Gasteiger partial charge >= 0.3 is 0 Å². The van der Waals surface area contributed by atoms with Crippen LogP contribution in [0.5, 0.6) is 0 Å². The average Bonchev–Trinajstić information content (AvgIpc) is 2.67. The predicted molar refractivity (Wildman–Crippen MR) is 53.9 cm³/mol. The summed E-state index contributed by atoms with van der Waals surface area (Å²) < 4.78 is 4.78. The number of carbonyl (C=O) groups excluding carboxylic acids is 1. The normalized spacial score (nSPS) is 12.4. The predicted octanol–water partition coefficient (Wildman–Crippen LogP) is -0.144. The Balaban J connectivity index is 2.07. The first-order valence-corrected chi connectivity index (χ1v) is 4.96. The van der Waals surface area contributed by atoms with Crippen molar-refractivity contribution in [3.63, 3.8) is 0 Å². The van der Waals surface area contributed by atoms with Crippen LogP contribution in [0.15, 0.2) is 10.9 Å². The summed E-state index contributed by atoms with van der Waals surface area (Å²) in [7, 11) is 0. The van der Waals surface area contributed by atoms with Gasteiger partial charge in [-0.3, -0.25) is 4.79 Å². The Bertz CT molecular complexity index is 284. The molecular formula is C9H16N4O2. The molecule has 0 spiro atoms. The molecule has 3 N–H and O–H groups in total. The van der Waals surface area contributed by atoms with E-state index in [4.69, 9.17) is 10.3 Å². The van der Waals surface area contributed by atoms with Gasteiger partial charge in [0.05, 0.1) is 0 Å². The molecule has 0 aliphatic carbocycles. The van der Waals surface area contributed by atoms with Crippen molar-refractivity contribution in [2.45, 2.75) is 32.2 Å². The summed E-state index contributed by atoms with van der Waals surface area (Å²) in [6.45, 7) is 2.39. The molecule has 1 amide bonds. The minimum absolute atomic E-state index is 0.00631. The molecule has 0 saturated carbocycles. The Labute approximate surface area is 88.2 Å². The molecule has 0 saturated heterocycles. The molecule has 6 heteroatoms. The van der Waals surface area contributed by atoms with Crippen LogP contribution in [0.1, 0.15) is 25.7 Å². The van der Waals surface area contributed by atoms with E-state index >= 15 is 0 Å². The molecule has 84 valence electrons. The van der Waals surface area contributed by atoms with E-state index < -0.39 is 0 Å². The van der Waals surface area contributed by atoms with Crippen LogP contribution >= 0.6 is 0 Å². The lowest BCUT2D eigenvalue weighted by molar-refractivity contribution is -0.121. The molecule has 1 aromatic heterocycles. The lowest BCUT2D eigenvalue weighted by Gasteiger charge is -2.05. The highest BCUT2D eigenvalue weighted by molar-refractivity contribution is 5.75. The molecule has 0 fully saturated rings. The highest BCUT2D eigenvalue weighted by atomic mass is 16.5. The fourth-order valence-corrected chi connectivity index (χ4v) is 1.06. The lowest BCUT2D eigenvalue weighted by Crippen LogP contribution is -2.27. The molecule has 0 aromatic carbocycles. The third-order valence-corrected chi connectivity index (χ3v) is 1.89. The quantitative estimate of drug-likeness (QED) is 0.684. The van der Waals surface area contributed by atoms with E-state index in [1.165, 1.54) is 6.33 Å². The van der Waals surface area contributed by atoms with Gasteiger partial charge in [-0.2, -0.15) is 4.98 Å². The number of carbonyl (C=O) groups is 1. The summed E-state index contributed by atoms with van der Waals surface area (Å²) in [4.78, 5) is 15.1. The Morgan fingerprint density at radius 2 is 2.53 bits per heavy atom. The third kappa shape index (κ3) is 5.11. The molecule has 0 bridgehead atoms. The highest BCUT2D eigenvalue weighted by Gasteiger charge is 2.04. The van der Waals surface area contributed by atoms with Crippen LogP contribution in [0.4, 0.5) is 0 Å². The van der Waals surface area contributed by atoms with Crippen molar-refractivity contribution in [3.05, 3.63) is 12.2 Å². The smallest absolute Gasteiger partial charge is 0.228 e.